The molecule has 0 radical (unpaired) electrons. The third-order valence-electron chi connectivity index (χ3n) is 3.86. The first-order valence-corrected chi connectivity index (χ1v) is 7.69. The number of carbonyl (C=O) groups is 1. The Kier molecular flexibility index (Phi) is 4.37. The molecule has 1 saturated heterocycles. The van der Waals surface area contributed by atoms with E-state index in [4.69, 9.17) is 4.52 Å². The van der Waals surface area contributed by atoms with E-state index in [2.05, 4.69) is 15.5 Å². The Balaban J connectivity index is 1.72. The molecule has 2 aromatic rings. The van der Waals surface area contributed by atoms with Crippen molar-refractivity contribution >= 4 is 6.03 Å². The summed E-state index contributed by atoms with van der Waals surface area (Å²) < 4.78 is 5.43. The molecule has 1 atom stereocenters. The molecule has 2 heterocycles. The molecule has 2 amide bonds. The molecule has 22 heavy (non-hydrogen) atoms. The zero-order valence-electron chi connectivity index (χ0n) is 12.7. The second-order valence-corrected chi connectivity index (χ2v) is 5.44. The van der Waals surface area contributed by atoms with E-state index in [1.54, 1.807) is 0 Å². The van der Waals surface area contributed by atoms with Gasteiger partial charge in [0.1, 0.15) is 0 Å². The summed E-state index contributed by atoms with van der Waals surface area (Å²) in [6, 6.07) is 9.74. The minimum atomic E-state index is -0.0185. The lowest BCUT2D eigenvalue weighted by atomic mass is 9.98. The van der Waals surface area contributed by atoms with Gasteiger partial charge in [0.2, 0.25) is 11.7 Å². The first-order valence-electron chi connectivity index (χ1n) is 7.69. The molecule has 116 valence electrons. The van der Waals surface area contributed by atoms with Crippen molar-refractivity contribution in [2.45, 2.75) is 25.7 Å². The monoisotopic (exact) mass is 300 g/mol. The number of amides is 2. The van der Waals surface area contributed by atoms with Crippen molar-refractivity contribution in [2.24, 2.45) is 0 Å². The maximum absolute atomic E-state index is 11.9. The number of rotatable bonds is 3. The van der Waals surface area contributed by atoms with E-state index in [9.17, 15) is 4.79 Å². The van der Waals surface area contributed by atoms with E-state index in [1.165, 1.54) is 0 Å². The van der Waals surface area contributed by atoms with Crippen LogP contribution in [0.1, 0.15) is 31.6 Å². The van der Waals surface area contributed by atoms with Gasteiger partial charge in [-0.1, -0.05) is 35.5 Å². The Morgan fingerprint density at radius 3 is 3.00 bits per heavy atom. The van der Waals surface area contributed by atoms with Crippen LogP contribution in [0, 0.1) is 0 Å². The Morgan fingerprint density at radius 2 is 2.23 bits per heavy atom. The smallest absolute Gasteiger partial charge is 0.317 e. The molecule has 1 aromatic heterocycles. The highest BCUT2D eigenvalue weighted by Gasteiger charge is 2.28. The van der Waals surface area contributed by atoms with Crippen LogP contribution >= 0.6 is 0 Å². The molecule has 1 aliphatic heterocycles. The number of likely N-dealkylation sites (tertiary alicyclic amines) is 1. The van der Waals surface area contributed by atoms with E-state index < -0.39 is 0 Å². The Bertz CT molecular complexity index is 626. The van der Waals surface area contributed by atoms with Crippen molar-refractivity contribution in [1.29, 1.82) is 0 Å². The summed E-state index contributed by atoms with van der Waals surface area (Å²) in [4.78, 5) is 18.3. The molecule has 6 heteroatoms. The maximum atomic E-state index is 11.9. The van der Waals surface area contributed by atoms with Gasteiger partial charge in [0, 0.05) is 25.2 Å². The first-order chi connectivity index (χ1) is 10.8. The molecule has 6 nitrogen and oxygen atoms in total. The number of urea groups is 1. The molecular formula is C16H20N4O2. The third-order valence-corrected chi connectivity index (χ3v) is 3.86. The lowest BCUT2D eigenvalue weighted by molar-refractivity contribution is 0.172. The zero-order chi connectivity index (χ0) is 15.4. The van der Waals surface area contributed by atoms with Crippen molar-refractivity contribution < 1.29 is 9.32 Å². The summed E-state index contributed by atoms with van der Waals surface area (Å²) >= 11 is 0. The van der Waals surface area contributed by atoms with Crippen LogP contribution < -0.4 is 5.32 Å². The van der Waals surface area contributed by atoms with Crippen LogP contribution in [-0.4, -0.2) is 40.7 Å². The van der Waals surface area contributed by atoms with Gasteiger partial charge in [0.15, 0.2) is 0 Å². The fourth-order valence-electron chi connectivity index (χ4n) is 2.73. The number of benzene rings is 1. The lowest BCUT2D eigenvalue weighted by Gasteiger charge is -2.30. The van der Waals surface area contributed by atoms with E-state index >= 15 is 0 Å². The predicted octanol–water partition coefficient (Wildman–Crippen LogP) is 2.65. The van der Waals surface area contributed by atoms with Gasteiger partial charge in [-0.3, -0.25) is 0 Å². The average Bonchev–Trinajstić information content (AvgIpc) is 3.06. The molecule has 0 saturated carbocycles. The minimum absolute atomic E-state index is 0.0185. The van der Waals surface area contributed by atoms with Gasteiger partial charge in [0.25, 0.3) is 0 Å². The molecule has 1 N–H and O–H groups in total. The number of nitrogens with one attached hydrogen (secondary N) is 1. The highest BCUT2D eigenvalue weighted by molar-refractivity contribution is 5.74. The molecule has 1 aromatic carbocycles. The van der Waals surface area contributed by atoms with Crippen molar-refractivity contribution in [3.63, 3.8) is 0 Å². The largest absolute Gasteiger partial charge is 0.339 e. The van der Waals surface area contributed by atoms with Crippen LogP contribution in [0.5, 0.6) is 0 Å². The van der Waals surface area contributed by atoms with Gasteiger partial charge in [-0.25, -0.2) is 4.79 Å². The lowest BCUT2D eigenvalue weighted by Crippen LogP contribution is -2.44. The summed E-state index contributed by atoms with van der Waals surface area (Å²) in [7, 11) is 0. The van der Waals surface area contributed by atoms with Crippen LogP contribution in [0.15, 0.2) is 34.9 Å². The first kappa shape index (κ1) is 14.6. The summed E-state index contributed by atoms with van der Waals surface area (Å²) in [5.41, 5.74) is 0.939. The Morgan fingerprint density at radius 1 is 1.41 bits per heavy atom. The van der Waals surface area contributed by atoms with Crippen LogP contribution in [-0.2, 0) is 0 Å². The number of nitrogens with zero attached hydrogens (tertiary/aromatic N) is 3. The van der Waals surface area contributed by atoms with Crippen molar-refractivity contribution in [2.75, 3.05) is 19.6 Å². The van der Waals surface area contributed by atoms with Gasteiger partial charge in [0.05, 0.1) is 5.92 Å². The summed E-state index contributed by atoms with van der Waals surface area (Å²) in [5, 5.41) is 6.90. The minimum Gasteiger partial charge on any atom is -0.339 e. The quantitative estimate of drug-likeness (QED) is 0.946. The van der Waals surface area contributed by atoms with Gasteiger partial charge in [-0.15, -0.1) is 0 Å². The fourth-order valence-corrected chi connectivity index (χ4v) is 2.73. The molecule has 0 unspecified atom stereocenters. The molecule has 0 spiro atoms. The number of aromatic nitrogens is 2. The maximum Gasteiger partial charge on any atom is 0.317 e. The SMILES string of the molecule is CCNC(=O)N1CCC[C@@H](c2nc(-c3ccccc3)no2)C1. The summed E-state index contributed by atoms with van der Waals surface area (Å²) in [6.07, 6.45) is 1.91. The summed E-state index contributed by atoms with van der Waals surface area (Å²) in [6.45, 7) is 3.96. The molecular weight excluding hydrogens is 280 g/mol. The number of hydrogen-bond donors (Lipinski definition) is 1. The molecule has 0 bridgehead atoms. The number of carbonyl (C=O) groups excluding carboxylic acids is 1. The van der Waals surface area contributed by atoms with Gasteiger partial charge < -0.3 is 14.7 Å². The number of piperidine rings is 1. The van der Waals surface area contributed by atoms with E-state index in [-0.39, 0.29) is 11.9 Å². The predicted molar refractivity (Wildman–Crippen MR) is 82.4 cm³/mol. The Labute approximate surface area is 129 Å². The molecule has 1 fully saturated rings. The van der Waals surface area contributed by atoms with Crippen molar-refractivity contribution in [3.05, 3.63) is 36.2 Å². The second kappa shape index (κ2) is 6.60. The molecule has 3 rings (SSSR count). The molecule has 0 aliphatic carbocycles. The van der Waals surface area contributed by atoms with E-state index in [0.29, 0.717) is 24.8 Å². The fraction of sp³-hybridized carbons (Fsp3) is 0.438. The van der Waals surface area contributed by atoms with Crippen LogP contribution in [0.25, 0.3) is 11.4 Å². The Hall–Kier alpha value is -2.37. The average molecular weight is 300 g/mol. The second-order valence-electron chi connectivity index (χ2n) is 5.44. The van der Waals surface area contributed by atoms with Crippen LogP contribution in [0.2, 0.25) is 0 Å². The number of hydrogen-bond acceptors (Lipinski definition) is 4. The highest BCUT2D eigenvalue weighted by Crippen LogP contribution is 2.27. The topological polar surface area (TPSA) is 71.3 Å². The highest BCUT2D eigenvalue weighted by atomic mass is 16.5. The van der Waals surface area contributed by atoms with Crippen molar-refractivity contribution in [1.82, 2.24) is 20.4 Å². The summed E-state index contributed by atoms with van der Waals surface area (Å²) in [5.74, 6) is 1.33. The van der Waals surface area contributed by atoms with E-state index in [1.807, 2.05) is 42.2 Å². The van der Waals surface area contributed by atoms with Gasteiger partial charge in [-0.05, 0) is 19.8 Å². The standard InChI is InChI=1S/C16H20N4O2/c1-2-17-16(21)20-10-6-9-13(11-20)15-18-14(19-22-15)12-7-4-3-5-8-12/h3-5,7-8,13H,2,6,9-11H2,1H3,(H,17,21)/t13-/m1/s1. The van der Waals surface area contributed by atoms with Gasteiger partial charge in [-0.2, -0.15) is 4.98 Å². The van der Waals surface area contributed by atoms with Gasteiger partial charge >= 0.3 is 6.03 Å². The van der Waals surface area contributed by atoms with Crippen molar-refractivity contribution in [3.8, 4) is 11.4 Å². The van der Waals surface area contributed by atoms with Crippen LogP contribution in [0.3, 0.4) is 0 Å². The third kappa shape index (κ3) is 3.10. The normalized spacial score (nSPS) is 18.2. The zero-order valence-corrected chi connectivity index (χ0v) is 12.7. The molecule has 1 aliphatic rings. The van der Waals surface area contributed by atoms with Crippen LogP contribution in [0.4, 0.5) is 4.79 Å². The van der Waals surface area contributed by atoms with E-state index in [0.717, 1.165) is 24.9 Å².